The zero-order chi connectivity index (χ0) is 13.4. The average molecular weight is 273 g/mol. The van der Waals surface area contributed by atoms with Gasteiger partial charge in [-0.25, -0.2) is 0 Å². The third-order valence-corrected chi connectivity index (χ3v) is 2.47. The summed E-state index contributed by atoms with van der Waals surface area (Å²) in [5.74, 6) is 0.202. The Balaban J connectivity index is 2.31. The normalized spacial score (nSPS) is 10.1. The van der Waals surface area contributed by atoms with Gasteiger partial charge in [0.15, 0.2) is 6.61 Å². The van der Waals surface area contributed by atoms with Crippen LogP contribution >= 0.6 is 11.6 Å². The smallest absolute Gasteiger partial charge is 0.257 e. The Morgan fingerprint density at radius 3 is 3.00 bits per heavy atom. The van der Waals surface area contributed by atoms with Gasteiger partial charge in [0.1, 0.15) is 5.75 Å². The SMILES string of the molecule is COCCCNC(=O)COc1cc(N)ccc1Cl. The summed E-state index contributed by atoms with van der Waals surface area (Å²) in [7, 11) is 1.62. The Labute approximate surface area is 111 Å². The summed E-state index contributed by atoms with van der Waals surface area (Å²) in [6.45, 7) is 1.08. The van der Waals surface area contributed by atoms with Gasteiger partial charge in [-0.3, -0.25) is 4.79 Å². The molecule has 0 saturated carbocycles. The zero-order valence-corrected chi connectivity index (χ0v) is 11.0. The maximum Gasteiger partial charge on any atom is 0.257 e. The summed E-state index contributed by atoms with van der Waals surface area (Å²) in [4.78, 5) is 11.4. The van der Waals surface area contributed by atoms with E-state index in [1.807, 2.05) is 0 Å². The summed E-state index contributed by atoms with van der Waals surface area (Å²) < 4.78 is 10.1. The minimum absolute atomic E-state index is 0.0871. The van der Waals surface area contributed by atoms with Gasteiger partial charge in [0.05, 0.1) is 5.02 Å². The Morgan fingerprint density at radius 2 is 2.28 bits per heavy atom. The highest BCUT2D eigenvalue weighted by Crippen LogP contribution is 2.26. The van der Waals surface area contributed by atoms with Crippen molar-refractivity contribution in [2.75, 3.05) is 32.6 Å². The van der Waals surface area contributed by atoms with Crippen molar-refractivity contribution in [2.45, 2.75) is 6.42 Å². The Bertz CT molecular complexity index is 399. The Hall–Kier alpha value is -1.46. The molecule has 0 aliphatic heterocycles. The molecule has 0 aliphatic carbocycles. The van der Waals surface area contributed by atoms with E-state index in [2.05, 4.69) is 5.32 Å². The molecule has 0 radical (unpaired) electrons. The van der Waals surface area contributed by atoms with Crippen molar-refractivity contribution in [2.24, 2.45) is 0 Å². The van der Waals surface area contributed by atoms with Crippen LogP contribution in [0.3, 0.4) is 0 Å². The van der Waals surface area contributed by atoms with Crippen molar-refractivity contribution in [3.05, 3.63) is 23.2 Å². The first-order valence-corrected chi connectivity index (χ1v) is 5.94. The Kier molecular flexibility index (Phi) is 6.32. The molecule has 0 unspecified atom stereocenters. The molecule has 6 heteroatoms. The van der Waals surface area contributed by atoms with E-state index in [1.165, 1.54) is 0 Å². The van der Waals surface area contributed by atoms with Gasteiger partial charge in [-0.2, -0.15) is 0 Å². The highest BCUT2D eigenvalue weighted by molar-refractivity contribution is 6.32. The average Bonchev–Trinajstić information content (AvgIpc) is 2.36. The molecule has 1 aromatic carbocycles. The van der Waals surface area contributed by atoms with Crippen LogP contribution in [0.2, 0.25) is 5.02 Å². The monoisotopic (exact) mass is 272 g/mol. The fourth-order valence-corrected chi connectivity index (χ4v) is 1.44. The Morgan fingerprint density at radius 1 is 1.50 bits per heavy atom. The molecule has 0 atom stereocenters. The number of carbonyl (C=O) groups is 1. The molecular formula is C12H17ClN2O3. The fraction of sp³-hybridized carbons (Fsp3) is 0.417. The maximum atomic E-state index is 11.4. The molecule has 18 heavy (non-hydrogen) atoms. The lowest BCUT2D eigenvalue weighted by molar-refractivity contribution is -0.123. The van der Waals surface area contributed by atoms with Gasteiger partial charge in [0, 0.05) is 32.0 Å². The summed E-state index contributed by atoms with van der Waals surface area (Å²) in [5.41, 5.74) is 6.13. The number of anilines is 1. The van der Waals surface area contributed by atoms with Crippen LogP contribution in [0, 0.1) is 0 Å². The van der Waals surface area contributed by atoms with E-state index >= 15 is 0 Å². The van der Waals surface area contributed by atoms with Crippen molar-refractivity contribution >= 4 is 23.2 Å². The van der Waals surface area contributed by atoms with Gasteiger partial charge in [-0.05, 0) is 18.6 Å². The first kappa shape index (κ1) is 14.6. The van der Waals surface area contributed by atoms with Crippen LogP contribution in [0.1, 0.15) is 6.42 Å². The van der Waals surface area contributed by atoms with Gasteiger partial charge >= 0.3 is 0 Å². The van der Waals surface area contributed by atoms with Crippen LogP contribution in [0.4, 0.5) is 5.69 Å². The lowest BCUT2D eigenvalue weighted by Crippen LogP contribution is -2.30. The van der Waals surface area contributed by atoms with E-state index in [4.69, 9.17) is 26.8 Å². The summed E-state index contributed by atoms with van der Waals surface area (Å²) in [6, 6.07) is 4.88. The molecule has 3 N–H and O–H groups in total. The van der Waals surface area contributed by atoms with E-state index in [9.17, 15) is 4.79 Å². The van der Waals surface area contributed by atoms with Crippen molar-refractivity contribution < 1.29 is 14.3 Å². The molecular weight excluding hydrogens is 256 g/mol. The highest BCUT2D eigenvalue weighted by Gasteiger charge is 2.05. The molecule has 0 bridgehead atoms. The number of amides is 1. The summed E-state index contributed by atoms with van der Waals surface area (Å²) >= 11 is 5.90. The molecule has 5 nitrogen and oxygen atoms in total. The van der Waals surface area contributed by atoms with Crippen molar-refractivity contribution in [3.8, 4) is 5.75 Å². The van der Waals surface area contributed by atoms with E-state index in [0.717, 1.165) is 6.42 Å². The predicted octanol–water partition coefficient (Wildman–Crippen LogP) is 1.45. The number of methoxy groups -OCH3 is 1. The number of nitrogen functional groups attached to an aromatic ring is 1. The van der Waals surface area contributed by atoms with Crippen molar-refractivity contribution in [1.29, 1.82) is 0 Å². The molecule has 0 fully saturated rings. The van der Waals surface area contributed by atoms with E-state index in [0.29, 0.717) is 29.6 Å². The number of halogens is 1. The number of ether oxygens (including phenoxy) is 2. The number of benzene rings is 1. The van der Waals surface area contributed by atoms with Crippen LogP contribution in [-0.4, -0.2) is 32.8 Å². The van der Waals surface area contributed by atoms with Gasteiger partial charge < -0.3 is 20.5 Å². The van der Waals surface area contributed by atoms with Crippen LogP contribution < -0.4 is 15.8 Å². The third kappa shape index (κ3) is 5.25. The zero-order valence-electron chi connectivity index (χ0n) is 10.2. The lowest BCUT2D eigenvalue weighted by atomic mass is 10.3. The van der Waals surface area contributed by atoms with Crippen LogP contribution in [0.25, 0.3) is 0 Å². The second-order valence-electron chi connectivity index (χ2n) is 3.67. The minimum atomic E-state index is -0.204. The minimum Gasteiger partial charge on any atom is -0.482 e. The van der Waals surface area contributed by atoms with Crippen LogP contribution in [0.15, 0.2) is 18.2 Å². The molecule has 100 valence electrons. The third-order valence-electron chi connectivity index (χ3n) is 2.16. The van der Waals surface area contributed by atoms with Gasteiger partial charge in [0.25, 0.3) is 5.91 Å². The standard InChI is InChI=1S/C12H17ClN2O3/c1-17-6-2-5-15-12(16)8-18-11-7-9(14)3-4-10(11)13/h3-4,7H,2,5-6,8,14H2,1H3,(H,15,16). The summed E-state index contributed by atoms with van der Waals surface area (Å²) in [5, 5.41) is 3.13. The molecule has 1 rings (SSSR count). The van der Waals surface area contributed by atoms with Crippen LogP contribution in [0.5, 0.6) is 5.75 Å². The fourth-order valence-electron chi connectivity index (χ4n) is 1.27. The summed E-state index contributed by atoms with van der Waals surface area (Å²) in [6.07, 6.45) is 0.765. The van der Waals surface area contributed by atoms with Crippen molar-refractivity contribution in [1.82, 2.24) is 5.32 Å². The lowest BCUT2D eigenvalue weighted by Gasteiger charge is -2.09. The molecule has 0 heterocycles. The molecule has 0 saturated heterocycles. The first-order valence-electron chi connectivity index (χ1n) is 5.57. The van der Waals surface area contributed by atoms with E-state index < -0.39 is 0 Å². The van der Waals surface area contributed by atoms with Crippen molar-refractivity contribution in [3.63, 3.8) is 0 Å². The van der Waals surface area contributed by atoms with E-state index in [-0.39, 0.29) is 12.5 Å². The maximum absolute atomic E-state index is 11.4. The quantitative estimate of drug-likeness (QED) is 0.582. The molecule has 0 spiro atoms. The van der Waals surface area contributed by atoms with Gasteiger partial charge in [0.2, 0.25) is 0 Å². The second-order valence-corrected chi connectivity index (χ2v) is 4.08. The first-order chi connectivity index (χ1) is 8.63. The topological polar surface area (TPSA) is 73.6 Å². The second kappa shape index (κ2) is 7.79. The van der Waals surface area contributed by atoms with Gasteiger partial charge in [-0.1, -0.05) is 11.6 Å². The van der Waals surface area contributed by atoms with E-state index in [1.54, 1.807) is 25.3 Å². The number of nitrogens with two attached hydrogens (primary N) is 1. The molecule has 1 amide bonds. The number of carbonyl (C=O) groups excluding carboxylic acids is 1. The van der Waals surface area contributed by atoms with Gasteiger partial charge in [-0.15, -0.1) is 0 Å². The largest absolute Gasteiger partial charge is 0.482 e. The highest BCUT2D eigenvalue weighted by atomic mass is 35.5. The number of hydrogen-bond donors (Lipinski definition) is 2. The molecule has 0 aliphatic rings. The number of rotatable bonds is 7. The predicted molar refractivity (Wildman–Crippen MR) is 70.9 cm³/mol. The number of nitrogens with one attached hydrogen (secondary N) is 1. The number of hydrogen-bond acceptors (Lipinski definition) is 4. The molecule has 1 aromatic rings. The molecule has 0 aromatic heterocycles. The van der Waals surface area contributed by atoms with Crippen LogP contribution in [-0.2, 0) is 9.53 Å².